The van der Waals surface area contributed by atoms with E-state index in [-0.39, 0.29) is 18.3 Å². The number of hydrogen-bond acceptors (Lipinski definition) is 8. The summed E-state index contributed by atoms with van der Waals surface area (Å²) in [5.74, 6) is 1.01. The number of ether oxygens (including phenoxy) is 1. The van der Waals surface area contributed by atoms with E-state index in [1.54, 1.807) is 31.3 Å². The minimum Gasteiger partial charge on any atom is -0.447 e. The number of cyclic esters (lactones) is 1. The van der Waals surface area contributed by atoms with Gasteiger partial charge in [0.25, 0.3) is 0 Å². The summed E-state index contributed by atoms with van der Waals surface area (Å²) in [4.78, 5) is 28.4. The van der Waals surface area contributed by atoms with Crippen LogP contribution in [0.1, 0.15) is 46.2 Å². The Bertz CT molecular complexity index is 1110. The predicted molar refractivity (Wildman–Crippen MR) is 133 cm³/mol. The van der Waals surface area contributed by atoms with Gasteiger partial charge in [-0.05, 0) is 64.7 Å². The number of alkyl halides is 3. The summed E-state index contributed by atoms with van der Waals surface area (Å²) in [7, 11) is 0. The van der Waals surface area contributed by atoms with Crippen molar-refractivity contribution in [1.82, 2.24) is 15.0 Å². The molecule has 0 radical (unpaired) electrons. The maximum atomic E-state index is 13.5. The Morgan fingerprint density at radius 3 is 2.46 bits per heavy atom. The zero-order chi connectivity index (χ0) is 27.0. The van der Waals surface area contributed by atoms with Crippen molar-refractivity contribution >= 4 is 23.5 Å². The van der Waals surface area contributed by atoms with Gasteiger partial charge in [0.2, 0.25) is 5.95 Å². The van der Waals surface area contributed by atoms with Gasteiger partial charge in [0.15, 0.2) is 0 Å². The summed E-state index contributed by atoms with van der Waals surface area (Å²) in [6, 6.07) is 4.39. The van der Waals surface area contributed by atoms with Crippen LogP contribution in [0, 0.1) is 5.92 Å². The number of anilines is 3. The Kier molecular flexibility index (Phi) is 7.50. The first-order chi connectivity index (χ1) is 17.4. The molecule has 9 nitrogen and oxygen atoms in total. The molecule has 2 aromatic rings. The van der Waals surface area contributed by atoms with E-state index < -0.39 is 29.8 Å². The molecule has 12 heteroatoms. The number of halogens is 3. The molecule has 2 aliphatic heterocycles. The van der Waals surface area contributed by atoms with Gasteiger partial charge in [-0.15, -0.1) is 0 Å². The smallest absolute Gasteiger partial charge is 0.416 e. The molecule has 0 saturated carbocycles. The van der Waals surface area contributed by atoms with Crippen molar-refractivity contribution in [2.75, 3.05) is 34.8 Å². The van der Waals surface area contributed by atoms with Crippen LogP contribution in [0.4, 0.5) is 35.4 Å². The van der Waals surface area contributed by atoms with Crippen molar-refractivity contribution < 1.29 is 27.8 Å². The van der Waals surface area contributed by atoms with Crippen molar-refractivity contribution in [2.24, 2.45) is 5.92 Å². The lowest BCUT2D eigenvalue weighted by Gasteiger charge is -2.37. The van der Waals surface area contributed by atoms with Crippen LogP contribution < -0.4 is 15.1 Å². The highest BCUT2D eigenvalue weighted by Crippen LogP contribution is 2.40. The van der Waals surface area contributed by atoms with E-state index in [2.05, 4.69) is 25.2 Å². The Morgan fingerprint density at radius 2 is 1.81 bits per heavy atom. The molecular weight excluding hydrogens is 489 g/mol. The number of carbonyl (C=O) groups excluding carboxylic acids is 1. The number of pyridine rings is 1. The van der Waals surface area contributed by atoms with E-state index in [0.29, 0.717) is 30.8 Å². The largest absolute Gasteiger partial charge is 0.447 e. The highest BCUT2D eigenvalue weighted by atomic mass is 19.4. The van der Waals surface area contributed by atoms with Gasteiger partial charge >= 0.3 is 12.3 Å². The number of hydrogen-bond donors (Lipinski definition) is 2. The fourth-order valence-electron chi connectivity index (χ4n) is 4.69. The average molecular weight is 523 g/mol. The number of carbonyl (C=O) groups is 1. The lowest BCUT2D eigenvalue weighted by Crippen LogP contribution is -2.42. The molecule has 0 aliphatic carbocycles. The van der Waals surface area contributed by atoms with Crippen molar-refractivity contribution in [3.63, 3.8) is 0 Å². The van der Waals surface area contributed by atoms with Crippen molar-refractivity contribution in [3.05, 3.63) is 36.3 Å². The van der Waals surface area contributed by atoms with Gasteiger partial charge < -0.3 is 20.1 Å². The molecular formula is C25H33F3N6O3. The normalized spacial score (nSPS) is 21.1. The highest BCUT2D eigenvalue weighted by molar-refractivity contribution is 5.89. The SMILES string of the molecule is C[C@H](Nc1nccc(N2C(=O)OCC2[C@@H](C)O)n1)C1CCN(c2ccnc(C(C)(C)C(F)(F)F)c2)CC1. The van der Waals surface area contributed by atoms with Crippen molar-refractivity contribution in [2.45, 2.75) is 70.3 Å². The van der Waals surface area contributed by atoms with Gasteiger partial charge in [0.1, 0.15) is 23.9 Å². The van der Waals surface area contributed by atoms with Gasteiger partial charge in [0, 0.05) is 37.2 Å². The Morgan fingerprint density at radius 1 is 1.14 bits per heavy atom. The number of aromatic nitrogens is 3. The minimum atomic E-state index is -4.39. The lowest BCUT2D eigenvalue weighted by molar-refractivity contribution is -0.181. The molecule has 1 unspecified atom stereocenters. The first-order valence-corrected chi connectivity index (χ1v) is 12.4. The fourth-order valence-corrected chi connectivity index (χ4v) is 4.69. The molecule has 1 amide bonds. The van der Waals surface area contributed by atoms with E-state index in [4.69, 9.17) is 4.74 Å². The maximum Gasteiger partial charge on any atom is 0.416 e. The molecule has 37 heavy (non-hydrogen) atoms. The van der Waals surface area contributed by atoms with E-state index in [0.717, 1.165) is 32.4 Å². The number of rotatable bonds is 7. The molecule has 2 saturated heterocycles. The summed E-state index contributed by atoms with van der Waals surface area (Å²) in [5.41, 5.74) is -1.29. The molecule has 0 spiro atoms. The first kappa shape index (κ1) is 26.9. The van der Waals surface area contributed by atoms with Gasteiger partial charge in [-0.3, -0.25) is 9.88 Å². The monoisotopic (exact) mass is 522 g/mol. The Balaban J connectivity index is 1.38. The van der Waals surface area contributed by atoms with Crippen LogP contribution in [0.5, 0.6) is 0 Å². The minimum absolute atomic E-state index is 0.00593. The zero-order valence-electron chi connectivity index (χ0n) is 21.4. The summed E-state index contributed by atoms with van der Waals surface area (Å²) in [6.07, 6.45) is -1.08. The molecule has 0 aromatic carbocycles. The number of aliphatic hydroxyl groups excluding tert-OH is 1. The molecule has 2 aliphatic rings. The van der Waals surface area contributed by atoms with Crippen molar-refractivity contribution in [1.29, 1.82) is 0 Å². The standard InChI is InChI=1S/C25H33F3N6O3/c1-15(31-22-30-10-6-21(32-22)34-19(16(2)35)14-37-23(34)36)17-7-11-33(12-8-17)18-5-9-29-20(13-18)24(3,4)25(26,27)28/h5-6,9-10,13,15-17,19,35H,7-8,11-12,14H2,1-4H3,(H,30,31,32)/t15-,16+,19?/m0/s1. The van der Waals surface area contributed by atoms with E-state index in [1.165, 1.54) is 11.1 Å². The van der Waals surface area contributed by atoms with Crippen LogP contribution in [-0.2, 0) is 10.2 Å². The molecule has 2 fully saturated rings. The highest BCUT2D eigenvalue weighted by Gasteiger charge is 2.49. The van der Waals surface area contributed by atoms with Gasteiger partial charge in [-0.25, -0.2) is 9.78 Å². The fraction of sp³-hybridized carbons (Fsp3) is 0.600. The molecule has 3 atom stereocenters. The second kappa shape index (κ2) is 10.3. The number of piperidine rings is 1. The van der Waals surface area contributed by atoms with E-state index in [9.17, 15) is 23.1 Å². The average Bonchev–Trinajstić information content (AvgIpc) is 3.25. The molecule has 4 rings (SSSR count). The third kappa shape index (κ3) is 5.58. The first-order valence-electron chi connectivity index (χ1n) is 12.4. The van der Waals surface area contributed by atoms with Crippen LogP contribution in [-0.4, -0.2) is 70.2 Å². The second-order valence-electron chi connectivity index (χ2n) is 10.3. The van der Waals surface area contributed by atoms with Crippen LogP contribution in [0.25, 0.3) is 0 Å². The summed E-state index contributed by atoms with van der Waals surface area (Å²) in [5, 5.41) is 13.3. The third-order valence-electron chi connectivity index (χ3n) is 7.41. The zero-order valence-corrected chi connectivity index (χ0v) is 21.4. The Labute approximate surface area is 214 Å². The maximum absolute atomic E-state index is 13.5. The molecule has 2 aromatic heterocycles. The summed E-state index contributed by atoms with van der Waals surface area (Å²) < 4.78 is 45.6. The predicted octanol–water partition coefficient (Wildman–Crippen LogP) is 4.13. The third-order valence-corrected chi connectivity index (χ3v) is 7.41. The van der Waals surface area contributed by atoms with Gasteiger partial charge in [0.05, 0.1) is 11.8 Å². The Hall–Kier alpha value is -3.15. The van der Waals surface area contributed by atoms with Gasteiger partial charge in [-0.2, -0.15) is 18.2 Å². The van der Waals surface area contributed by atoms with Crippen LogP contribution in [0.2, 0.25) is 0 Å². The molecule has 4 heterocycles. The molecule has 0 bridgehead atoms. The second-order valence-corrected chi connectivity index (χ2v) is 10.3. The van der Waals surface area contributed by atoms with Gasteiger partial charge in [-0.1, -0.05) is 0 Å². The van der Waals surface area contributed by atoms with Crippen LogP contribution >= 0.6 is 0 Å². The molecule has 202 valence electrons. The molecule has 2 N–H and O–H groups in total. The van der Waals surface area contributed by atoms with Crippen molar-refractivity contribution in [3.8, 4) is 0 Å². The summed E-state index contributed by atoms with van der Waals surface area (Å²) in [6.45, 7) is 7.41. The number of aliphatic hydroxyl groups is 1. The number of amides is 1. The lowest BCUT2D eigenvalue weighted by atomic mass is 9.87. The summed E-state index contributed by atoms with van der Waals surface area (Å²) >= 11 is 0. The number of nitrogens with one attached hydrogen (secondary N) is 1. The van der Waals surface area contributed by atoms with Crippen LogP contribution in [0.3, 0.4) is 0 Å². The van der Waals surface area contributed by atoms with Crippen LogP contribution in [0.15, 0.2) is 30.6 Å². The van der Waals surface area contributed by atoms with E-state index >= 15 is 0 Å². The quantitative estimate of drug-likeness (QED) is 0.560. The topological polar surface area (TPSA) is 104 Å². The van der Waals surface area contributed by atoms with E-state index in [1.807, 2.05) is 6.92 Å². The number of nitrogens with zero attached hydrogens (tertiary/aromatic N) is 5.